The fourth-order valence-corrected chi connectivity index (χ4v) is 4.15. The van der Waals surface area contributed by atoms with Crippen molar-refractivity contribution in [3.63, 3.8) is 0 Å². The smallest absolute Gasteiger partial charge is 0.0678 e. The van der Waals surface area contributed by atoms with E-state index in [0.29, 0.717) is 12.2 Å². The molecule has 1 aromatic carbocycles. The molecule has 3 heteroatoms. The summed E-state index contributed by atoms with van der Waals surface area (Å²) >= 11 is 0. The van der Waals surface area contributed by atoms with Gasteiger partial charge in [0.1, 0.15) is 0 Å². The summed E-state index contributed by atoms with van der Waals surface area (Å²) in [6.07, 6.45) is 4.72. The van der Waals surface area contributed by atoms with Gasteiger partial charge in [0, 0.05) is 38.9 Å². The fraction of sp³-hybridized carbons (Fsp3) is 0.684. The van der Waals surface area contributed by atoms with Crippen LogP contribution >= 0.6 is 0 Å². The van der Waals surface area contributed by atoms with Gasteiger partial charge >= 0.3 is 0 Å². The van der Waals surface area contributed by atoms with E-state index in [4.69, 9.17) is 4.74 Å². The number of ether oxygens (including phenoxy) is 1. The second-order valence-corrected chi connectivity index (χ2v) is 7.36. The van der Waals surface area contributed by atoms with Gasteiger partial charge in [0.05, 0.1) is 12.2 Å². The van der Waals surface area contributed by atoms with Gasteiger partial charge in [0.2, 0.25) is 0 Å². The molecule has 122 valence electrons. The number of hydrogen-bond donors (Lipinski definition) is 0. The minimum Gasteiger partial charge on any atom is -0.378 e. The maximum atomic E-state index is 5.88. The molecule has 0 radical (unpaired) electrons. The van der Waals surface area contributed by atoms with Crippen molar-refractivity contribution >= 4 is 5.69 Å². The highest BCUT2D eigenvalue weighted by atomic mass is 16.5. The first-order valence-electron chi connectivity index (χ1n) is 8.69. The summed E-state index contributed by atoms with van der Waals surface area (Å²) < 4.78 is 5.88. The minimum atomic E-state index is 0.377. The van der Waals surface area contributed by atoms with Crippen molar-refractivity contribution in [2.45, 2.75) is 57.3 Å². The number of nitrogens with zero attached hydrogens (tertiary/aromatic N) is 2. The predicted molar refractivity (Wildman–Crippen MR) is 92.7 cm³/mol. The third kappa shape index (κ3) is 3.47. The molecule has 3 rings (SSSR count). The molecule has 4 atom stereocenters. The maximum Gasteiger partial charge on any atom is 0.0678 e. The van der Waals surface area contributed by atoms with Gasteiger partial charge in [0.15, 0.2) is 0 Å². The molecule has 1 aromatic rings. The fourth-order valence-electron chi connectivity index (χ4n) is 4.15. The van der Waals surface area contributed by atoms with Crippen LogP contribution in [-0.2, 0) is 4.74 Å². The lowest BCUT2D eigenvalue weighted by molar-refractivity contribution is -0.0796. The van der Waals surface area contributed by atoms with Crippen molar-refractivity contribution in [2.24, 2.45) is 0 Å². The van der Waals surface area contributed by atoms with E-state index in [1.807, 2.05) is 0 Å². The highest BCUT2D eigenvalue weighted by molar-refractivity contribution is 5.46. The Morgan fingerprint density at radius 1 is 1.00 bits per heavy atom. The molecule has 0 N–H and O–H groups in total. The predicted octanol–water partition coefficient (Wildman–Crippen LogP) is 3.50. The lowest BCUT2D eigenvalue weighted by Gasteiger charge is -2.39. The van der Waals surface area contributed by atoms with E-state index < -0.39 is 0 Å². The number of benzene rings is 1. The molecule has 1 saturated heterocycles. The Morgan fingerprint density at radius 2 is 1.64 bits per heavy atom. The Hall–Kier alpha value is -1.06. The molecule has 1 heterocycles. The van der Waals surface area contributed by atoms with Crippen LogP contribution in [0.2, 0.25) is 0 Å². The third-order valence-electron chi connectivity index (χ3n) is 5.25. The largest absolute Gasteiger partial charge is 0.378 e. The van der Waals surface area contributed by atoms with Crippen molar-refractivity contribution in [2.75, 3.05) is 32.1 Å². The Bertz CT molecular complexity index is 475. The molecule has 2 aliphatic rings. The van der Waals surface area contributed by atoms with Gasteiger partial charge < -0.3 is 9.64 Å². The van der Waals surface area contributed by atoms with Crippen LogP contribution < -0.4 is 4.90 Å². The Morgan fingerprint density at radius 3 is 2.23 bits per heavy atom. The summed E-state index contributed by atoms with van der Waals surface area (Å²) in [5, 5.41) is 0. The molecule has 0 aromatic heterocycles. The lowest BCUT2D eigenvalue weighted by atomic mass is 9.97. The summed E-state index contributed by atoms with van der Waals surface area (Å²) in [5.41, 5.74) is 2.80. The van der Waals surface area contributed by atoms with E-state index in [-0.39, 0.29) is 0 Å². The van der Waals surface area contributed by atoms with Gasteiger partial charge in [-0.25, -0.2) is 0 Å². The van der Waals surface area contributed by atoms with E-state index in [9.17, 15) is 0 Å². The number of hydrogen-bond acceptors (Lipinski definition) is 3. The van der Waals surface area contributed by atoms with Crippen LogP contribution in [0.15, 0.2) is 24.3 Å². The molecular formula is C19H30N2O. The first-order valence-corrected chi connectivity index (χ1v) is 8.69. The van der Waals surface area contributed by atoms with Crippen LogP contribution in [0.3, 0.4) is 0 Å². The SMILES string of the molecule is C[C@@H]1CN([C@H]2CC[C@@H](c3ccc(N(C)C)cc3)C2)C[C@H](C)O1. The van der Waals surface area contributed by atoms with Gasteiger partial charge in [0.25, 0.3) is 0 Å². The zero-order valence-electron chi connectivity index (χ0n) is 14.5. The van der Waals surface area contributed by atoms with Crippen molar-refractivity contribution in [1.82, 2.24) is 4.90 Å². The van der Waals surface area contributed by atoms with Gasteiger partial charge in [-0.05, 0) is 56.7 Å². The number of rotatable bonds is 3. The number of anilines is 1. The van der Waals surface area contributed by atoms with Crippen LogP contribution in [-0.4, -0.2) is 50.3 Å². The molecule has 0 bridgehead atoms. The monoisotopic (exact) mass is 302 g/mol. The Labute approximate surface area is 135 Å². The van der Waals surface area contributed by atoms with E-state index in [1.54, 1.807) is 0 Å². The molecule has 1 saturated carbocycles. The minimum absolute atomic E-state index is 0.377. The molecule has 22 heavy (non-hydrogen) atoms. The van der Waals surface area contributed by atoms with Gasteiger partial charge in [-0.3, -0.25) is 4.90 Å². The standard InChI is InChI=1S/C19H30N2O/c1-14-12-21(13-15(2)22-14)19-10-7-17(11-19)16-5-8-18(9-6-16)20(3)4/h5-6,8-9,14-15,17,19H,7,10-13H2,1-4H3/t14-,15+,17-,19+/m1/s1. The second kappa shape index (κ2) is 6.59. The van der Waals surface area contributed by atoms with Crippen LogP contribution in [0.5, 0.6) is 0 Å². The van der Waals surface area contributed by atoms with E-state index in [2.05, 4.69) is 62.0 Å². The highest BCUT2D eigenvalue weighted by Gasteiger charge is 2.33. The Kier molecular flexibility index (Phi) is 4.74. The van der Waals surface area contributed by atoms with E-state index in [0.717, 1.165) is 25.0 Å². The molecular weight excluding hydrogens is 272 g/mol. The van der Waals surface area contributed by atoms with Crippen molar-refractivity contribution in [3.8, 4) is 0 Å². The topological polar surface area (TPSA) is 15.7 Å². The molecule has 0 spiro atoms. The molecule has 1 aliphatic carbocycles. The second-order valence-electron chi connectivity index (χ2n) is 7.36. The zero-order chi connectivity index (χ0) is 15.7. The van der Waals surface area contributed by atoms with Gasteiger partial charge in [-0.2, -0.15) is 0 Å². The molecule has 0 unspecified atom stereocenters. The summed E-state index contributed by atoms with van der Waals surface area (Å²) in [7, 11) is 4.20. The molecule has 0 amide bonds. The summed E-state index contributed by atoms with van der Waals surface area (Å²) in [6.45, 7) is 6.60. The maximum absolute atomic E-state index is 5.88. The third-order valence-corrected chi connectivity index (χ3v) is 5.25. The van der Waals surface area contributed by atoms with E-state index >= 15 is 0 Å². The lowest BCUT2D eigenvalue weighted by Crippen LogP contribution is -2.49. The summed E-state index contributed by atoms with van der Waals surface area (Å²) in [4.78, 5) is 4.84. The molecule has 3 nitrogen and oxygen atoms in total. The van der Waals surface area contributed by atoms with Crippen molar-refractivity contribution in [1.29, 1.82) is 0 Å². The molecule has 2 fully saturated rings. The van der Waals surface area contributed by atoms with Crippen LogP contribution in [0.1, 0.15) is 44.6 Å². The first kappa shape index (κ1) is 15.8. The normalized spacial score (nSPS) is 33.1. The van der Waals surface area contributed by atoms with Gasteiger partial charge in [-0.15, -0.1) is 0 Å². The van der Waals surface area contributed by atoms with Crippen LogP contribution in [0.25, 0.3) is 0 Å². The zero-order valence-corrected chi connectivity index (χ0v) is 14.5. The van der Waals surface area contributed by atoms with Crippen LogP contribution in [0, 0.1) is 0 Å². The highest BCUT2D eigenvalue weighted by Crippen LogP contribution is 2.38. The summed E-state index contributed by atoms with van der Waals surface area (Å²) in [5.74, 6) is 0.731. The van der Waals surface area contributed by atoms with E-state index in [1.165, 1.54) is 30.5 Å². The quantitative estimate of drug-likeness (QED) is 0.850. The van der Waals surface area contributed by atoms with Crippen LogP contribution in [0.4, 0.5) is 5.69 Å². The van der Waals surface area contributed by atoms with Crippen molar-refractivity contribution in [3.05, 3.63) is 29.8 Å². The van der Waals surface area contributed by atoms with Gasteiger partial charge in [-0.1, -0.05) is 12.1 Å². The average Bonchev–Trinajstić information content (AvgIpc) is 2.96. The van der Waals surface area contributed by atoms with Crippen molar-refractivity contribution < 1.29 is 4.74 Å². The molecule has 1 aliphatic heterocycles. The average molecular weight is 302 g/mol. The Balaban J connectivity index is 1.62. The summed E-state index contributed by atoms with van der Waals surface area (Å²) in [6, 6.07) is 9.90. The number of morpholine rings is 1. The first-order chi connectivity index (χ1) is 10.5.